The first kappa shape index (κ1) is 19.0. The maximum absolute atomic E-state index is 13.3. The van der Waals surface area contributed by atoms with Gasteiger partial charge in [-0.3, -0.25) is 9.69 Å². The van der Waals surface area contributed by atoms with Crippen LogP contribution in [0, 0.1) is 0 Å². The van der Waals surface area contributed by atoms with Crippen LogP contribution in [-0.2, 0) is 4.79 Å². The van der Waals surface area contributed by atoms with Crippen molar-refractivity contribution in [2.75, 3.05) is 12.4 Å². The normalized spacial score (nSPS) is 19.5. The minimum Gasteiger partial charge on any atom is -0.495 e. The van der Waals surface area contributed by atoms with Gasteiger partial charge < -0.3 is 15.4 Å². The van der Waals surface area contributed by atoms with Gasteiger partial charge in [0.2, 0.25) is 0 Å². The number of nitrogens with one attached hydrogen (secondary N) is 2. The van der Waals surface area contributed by atoms with E-state index in [1.165, 1.54) is 11.3 Å². The SMILES string of the molecule is COc1ccccc1NC(=O)C1=C(C)N(C2CC2)C(=O)N[C@@H]1c1ccc(Br)s1. The van der Waals surface area contributed by atoms with Crippen molar-refractivity contribution < 1.29 is 14.3 Å². The number of ether oxygens (including phenoxy) is 1. The van der Waals surface area contributed by atoms with Crippen molar-refractivity contribution in [2.45, 2.75) is 31.8 Å². The lowest BCUT2D eigenvalue weighted by Crippen LogP contribution is -2.49. The van der Waals surface area contributed by atoms with Crippen molar-refractivity contribution in [1.29, 1.82) is 0 Å². The average molecular weight is 462 g/mol. The molecular formula is C20H20BrN3O3S. The fourth-order valence-electron chi connectivity index (χ4n) is 3.46. The number of hydrogen-bond acceptors (Lipinski definition) is 4. The molecule has 1 aliphatic carbocycles. The number of amides is 3. The van der Waals surface area contributed by atoms with E-state index in [2.05, 4.69) is 26.6 Å². The molecule has 2 N–H and O–H groups in total. The number of halogens is 1. The van der Waals surface area contributed by atoms with Crippen LogP contribution >= 0.6 is 27.3 Å². The molecule has 146 valence electrons. The van der Waals surface area contributed by atoms with E-state index in [9.17, 15) is 9.59 Å². The number of allylic oxidation sites excluding steroid dienone is 1. The van der Waals surface area contributed by atoms with Crippen molar-refractivity contribution in [2.24, 2.45) is 0 Å². The number of hydrogen-bond donors (Lipinski definition) is 2. The Balaban J connectivity index is 1.73. The second-order valence-electron chi connectivity index (χ2n) is 6.78. The molecule has 6 nitrogen and oxygen atoms in total. The summed E-state index contributed by atoms with van der Waals surface area (Å²) < 4.78 is 6.29. The molecule has 8 heteroatoms. The fourth-order valence-corrected chi connectivity index (χ4v) is 4.94. The van der Waals surface area contributed by atoms with Crippen molar-refractivity contribution >= 4 is 44.9 Å². The van der Waals surface area contributed by atoms with Crippen molar-refractivity contribution in [3.05, 3.63) is 56.3 Å². The van der Waals surface area contributed by atoms with E-state index in [0.717, 1.165) is 21.5 Å². The molecule has 1 aliphatic heterocycles. The lowest BCUT2D eigenvalue weighted by Gasteiger charge is -2.35. The summed E-state index contributed by atoms with van der Waals surface area (Å²) in [4.78, 5) is 28.7. The molecule has 3 amide bonds. The van der Waals surface area contributed by atoms with Gasteiger partial charge in [-0.25, -0.2) is 4.79 Å². The monoisotopic (exact) mass is 461 g/mol. The molecule has 1 aromatic heterocycles. The Kier molecular flexibility index (Phi) is 5.16. The van der Waals surface area contributed by atoms with Gasteiger partial charge in [-0.1, -0.05) is 12.1 Å². The molecule has 0 spiro atoms. The van der Waals surface area contributed by atoms with Crippen molar-refractivity contribution in [3.8, 4) is 5.75 Å². The van der Waals surface area contributed by atoms with Gasteiger partial charge in [-0.2, -0.15) is 0 Å². The molecule has 0 unspecified atom stereocenters. The van der Waals surface area contributed by atoms with E-state index >= 15 is 0 Å². The number of para-hydroxylation sites is 2. The zero-order valence-corrected chi connectivity index (χ0v) is 17.9. The highest BCUT2D eigenvalue weighted by atomic mass is 79.9. The van der Waals surface area contributed by atoms with E-state index in [-0.39, 0.29) is 18.0 Å². The number of carbonyl (C=O) groups is 2. The summed E-state index contributed by atoms with van der Waals surface area (Å²) in [5, 5.41) is 5.98. The van der Waals surface area contributed by atoms with Crippen LogP contribution in [0.25, 0.3) is 0 Å². The Morgan fingerprint density at radius 2 is 2.04 bits per heavy atom. The van der Waals surface area contributed by atoms with E-state index in [0.29, 0.717) is 22.7 Å². The van der Waals surface area contributed by atoms with Crippen LogP contribution < -0.4 is 15.4 Å². The number of benzene rings is 1. The van der Waals surface area contributed by atoms with Crippen LogP contribution in [0.3, 0.4) is 0 Å². The van der Waals surface area contributed by atoms with E-state index in [4.69, 9.17) is 4.74 Å². The second kappa shape index (κ2) is 7.60. The largest absolute Gasteiger partial charge is 0.495 e. The van der Waals surface area contributed by atoms with Gasteiger partial charge in [-0.15, -0.1) is 11.3 Å². The molecule has 1 fully saturated rings. The molecule has 0 radical (unpaired) electrons. The second-order valence-corrected chi connectivity index (χ2v) is 9.27. The zero-order chi connectivity index (χ0) is 19.8. The van der Waals surface area contributed by atoms with Gasteiger partial charge in [0.1, 0.15) is 5.75 Å². The summed E-state index contributed by atoms with van der Waals surface area (Å²) in [7, 11) is 1.57. The Labute approximate surface area is 175 Å². The predicted molar refractivity (Wildman–Crippen MR) is 112 cm³/mol. The van der Waals surface area contributed by atoms with Crippen LogP contribution in [-0.4, -0.2) is 30.0 Å². The first-order valence-electron chi connectivity index (χ1n) is 8.99. The number of anilines is 1. The predicted octanol–water partition coefficient (Wildman–Crippen LogP) is 4.66. The topological polar surface area (TPSA) is 70.7 Å². The smallest absolute Gasteiger partial charge is 0.322 e. The molecule has 2 heterocycles. The molecule has 4 rings (SSSR count). The number of urea groups is 1. The number of thiophene rings is 1. The Bertz CT molecular complexity index is 967. The molecule has 2 aliphatic rings. The molecule has 0 bridgehead atoms. The fraction of sp³-hybridized carbons (Fsp3) is 0.300. The third-order valence-corrected chi connectivity index (χ3v) is 6.61. The van der Waals surface area contributed by atoms with Gasteiger partial charge in [-0.05, 0) is 60.0 Å². The quantitative estimate of drug-likeness (QED) is 0.679. The lowest BCUT2D eigenvalue weighted by molar-refractivity contribution is -0.113. The summed E-state index contributed by atoms with van der Waals surface area (Å²) in [5.74, 6) is 0.339. The highest BCUT2D eigenvalue weighted by Gasteiger charge is 2.42. The van der Waals surface area contributed by atoms with Crippen LogP contribution in [0.2, 0.25) is 0 Å². The van der Waals surface area contributed by atoms with Crippen molar-refractivity contribution in [3.63, 3.8) is 0 Å². The van der Waals surface area contributed by atoms with Gasteiger partial charge in [0.25, 0.3) is 5.91 Å². The van der Waals surface area contributed by atoms with Gasteiger partial charge >= 0.3 is 6.03 Å². The number of rotatable bonds is 5. The van der Waals surface area contributed by atoms with Gasteiger partial charge in [0, 0.05) is 16.6 Å². The van der Waals surface area contributed by atoms with Crippen LogP contribution in [0.4, 0.5) is 10.5 Å². The summed E-state index contributed by atoms with van der Waals surface area (Å²) in [6.07, 6.45) is 1.92. The van der Waals surface area contributed by atoms with Crippen LogP contribution in [0.15, 0.2) is 51.5 Å². The standard InChI is InChI=1S/C20H20BrN3O3S/c1-11-17(19(25)22-13-5-3-4-6-14(13)27-2)18(15-9-10-16(21)28-15)23-20(26)24(11)12-7-8-12/h3-6,9-10,12,18H,7-8H2,1-2H3,(H,22,25)(H,23,26)/t18-/m1/s1. The number of nitrogens with zero attached hydrogens (tertiary/aromatic N) is 1. The number of carbonyl (C=O) groups excluding carboxylic acids is 2. The minimum absolute atomic E-state index is 0.150. The molecular weight excluding hydrogens is 442 g/mol. The van der Waals surface area contributed by atoms with Gasteiger partial charge in [0.05, 0.1) is 28.2 Å². The molecule has 1 aromatic carbocycles. The zero-order valence-electron chi connectivity index (χ0n) is 15.5. The Hall–Kier alpha value is -2.32. The lowest BCUT2D eigenvalue weighted by atomic mass is 9.99. The summed E-state index contributed by atoms with van der Waals surface area (Å²) in [6.45, 7) is 1.85. The maximum Gasteiger partial charge on any atom is 0.322 e. The highest BCUT2D eigenvalue weighted by Crippen LogP contribution is 2.40. The van der Waals surface area contributed by atoms with Crippen LogP contribution in [0.5, 0.6) is 5.75 Å². The third kappa shape index (κ3) is 3.54. The van der Waals surface area contributed by atoms with E-state index in [1.807, 2.05) is 31.2 Å². The van der Waals surface area contributed by atoms with E-state index in [1.54, 1.807) is 24.1 Å². The maximum atomic E-state index is 13.3. The van der Waals surface area contributed by atoms with Gasteiger partial charge in [0.15, 0.2) is 0 Å². The minimum atomic E-state index is -0.492. The Morgan fingerprint density at radius 1 is 1.29 bits per heavy atom. The summed E-state index contributed by atoms with van der Waals surface area (Å²) >= 11 is 4.97. The number of methoxy groups -OCH3 is 1. The third-order valence-electron chi connectivity index (χ3n) is 4.92. The molecule has 0 saturated heterocycles. The molecule has 1 atom stereocenters. The summed E-state index contributed by atoms with van der Waals surface area (Å²) in [6, 6.07) is 10.7. The first-order chi connectivity index (χ1) is 13.5. The van der Waals surface area contributed by atoms with Crippen LogP contribution in [0.1, 0.15) is 30.7 Å². The molecule has 1 saturated carbocycles. The van der Waals surface area contributed by atoms with E-state index < -0.39 is 6.04 Å². The van der Waals surface area contributed by atoms with Crippen molar-refractivity contribution in [1.82, 2.24) is 10.2 Å². The molecule has 2 aromatic rings. The first-order valence-corrected chi connectivity index (χ1v) is 10.6. The highest BCUT2D eigenvalue weighted by molar-refractivity contribution is 9.11. The average Bonchev–Trinajstić information content (AvgIpc) is 3.41. The Morgan fingerprint density at radius 3 is 2.68 bits per heavy atom. The molecule has 28 heavy (non-hydrogen) atoms. The summed E-state index contributed by atoms with van der Waals surface area (Å²) in [5.41, 5.74) is 1.84.